The number of amides is 1. The molecule has 0 radical (unpaired) electrons. The summed E-state index contributed by atoms with van der Waals surface area (Å²) in [6, 6.07) is 14.4. The first-order valence-corrected chi connectivity index (χ1v) is 10.6. The van der Waals surface area contributed by atoms with Crippen molar-refractivity contribution in [2.45, 2.75) is 38.5 Å². The van der Waals surface area contributed by atoms with Crippen LogP contribution in [0.3, 0.4) is 0 Å². The van der Waals surface area contributed by atoms with E-state index in [1.54, 1.807) is 0 Å². The number of likely N-dealkylation sites (tertiary alicyclic amines) is 1. The third-order valence-electron chi connectivity index (χ3n) is 6.63. The molecule has 5 nitrogen and oxygen atoms in total. The summed E-state index contributed by atoms with van der Waals surface area (Å²) in [6.45, 7) is 3.92. The number of hydrogen-bond acceptors (Lipinski definition) is 4. The maximum atomic E-state index is 12.4. The van der Waals surface area contributed by atoms with E-state index in [4.69, 9.17) is 0 Å². The van der Waals surface area contributed by atoms with E-state index in [1.807, 2.05) is 18.2 Å². The second kappa shape index (κ2) is 7.19. The Morgan fingerprint density at radius 1 is 1.00 bits per heavy atom. The monoisotopic (exact) mass is 376 g/mol. The number of hydrogen-bond donors (Lipinski definition) is 0. The van der Waals surface area contributed by atoms with Crippen LogP contribution in [0.4, 0.5) is 5.82 Å². The molecular formula is C23H28N4O. The molecule has 3 aliphatic rings. The summed E-state index contributed by atoms with van der Waals surface area (Å²) in [5, 5.41) is 9.02. The van der Waals surface area contributed by atoms with E-state index in [1.165, 1.54) is 19.3 Å². The van der Waals surface area contributed by atoms with Crippen molar-refractivity contribution >= 4 is 11.7 Å². The fraction of sp³-hybridized carbons (Fsp3) is 0.522. The van der Waals surface area contributed by atoms with Crippen LogP contribution in [0.5, 0.6) is 0 Å². The number of aromatic nitrogens is 2. The molecule has 0 unspecified atom stereocenters. The SMILES string of the molecule is O=C1CC[C@@]2(CCCN(c3ccc(-c4ccccc4)nn3)C2)CN1CC1CC1. The predicted octanol–water partition coefficient (Wildman–Crippen LogP) is 3.76. The summed E-state index contributed by atoms with van der Waals surface area (Å²) in [7, 11) is 0. The quantitative estimate of drug-likeness (QED) is 0.815. The molecule has 1 aromatic heterocycles. The van der Waals surface area contributed by atoms with Crippen molar-refractivity contribution < 1.29 is 4.79 Å². The van der Waals surface area contributed by atoms with Crippen molar-refractivity contribution in [1.29, 1.82) is 0 Å². The van der Waals surface area contributed by atoms with Gasteiger partial charge < -0.3 is 9.80 Å². The number of piperidine rings is 2. The van der Waals surface area contributed by atoms with Crippen LogP contribution in [0, 0.1) is 11.3 Å². The highest BCUT2D eigenvalue weighted by molar-refractivity contribution is 5.77. The summed E-state index contributed by atoms with van der Waals surface area (Å²) in [5.41, 5.74) is 2.23. The van der Waals surface area contributed by atoms with E-state index in [0.717, 1.165) is 62.0 Å². The fourth-order valence-electron chi connectivity index (χ4n) is 4.87. The summed E-state index contributed by atoms with van der Waals surface area (Å²) < 4.78 is 0. The molecule has 5 rings (SSSR count). The zero-order valence-electron chi connectivity index (χ0n) is 16.4. The van der Waals surface area contributed by atoms with Gasteiger partial charge in [-0.3, -0.25) is 4.79 Å². The lowest BCUT2D eigenvalue weighted by atomic mass is 9.73. The lowest BCUT2D eigenvalue weighted by Crippen LogP contribution is -2.54. The van der Waals surface area contributed by atoms with Gasteiger partial charge in [0.05, 0.1) is 5.69 Å². The van der Waals surface area contributed by atoms with Gasteiger partial charge in [0.25, 0.3) is 0 Å². The average Bonchev–Trinajstić information content (AvgIpc) is 3.56. The van der Waals surface area contributed by atoms with Gasteiger partial charge in [-0.25, -0.2) is 0 Å². The molecule has 146 valence electrons. The molecule has 0 bridgehead atoms. The fourth-order valence-corrected chi connectivity index (χ4v) is 4.87. The molecule has 1 amide bonds. The Balaban J connectivity index is 1.30. The number of carbonyl (C=O) groups excluding carboxylic acids is 1. The van der Waals surface area contributed by atoms with Gasteiger partial charge in [-0.15, -0.1) is 10.2 Å². The molecule has 2 aromatic rings. The van der Waals surface area contributed by atoms with Gasteiger partial charge in [-0.05, 0) is 50.2 Å². The normalized spacial score (nSPS) is 25.4. The number of nitrogens with zero attached hydrogens (tertiary/aromatic N) is 4. The standard InChI is InChI=1S/C23H28N4O/c28-22-11-13-23(17-27(22)15-18-7-8-18)12-4-14-26(16-23)21-10-9-20(24-25-21)19-5-2-1-3-6-19/h1-3,5-6,9-10,18H,4,7-8,11-17H2/t23-/m1/s1. The van der Waals surface area contributed by atoms with Crippen LogP contribution in [-0.2, 0) is 4.79 Å². The number of anilines is 1. The third-order valence-corrected chi connectivity index (χ3v) is 6.63. The van der Waals surface area contributed by atoms with Gasteiger partial charge in [0.15, 0.2) is 5.82 Å². The van der Waals surface area contributed by atoms with Gasteiger partial charge in [-0.2, -0.15) is 0 Å². The minimum atomic E-state index is 0.223. The zero-order valence-corrected chi connectivity index (χ0v) is 16.4. The van der Waals surface area contributed by atoms with E-state index in [0.29, 0.717) is 12.3 Å². The highest BCUT2D eigenvalue weighted by atomic mass is 16.2. The second-order valence-electron chi connectivity index (χ2n) is 8.89. The minimum absolute atomic E-state index is 0.223. The highest BCUT2D eigenvalue weighted by Gasteiger charge is 2.43. The van der Waals surface area contributed by atoms with Gasteiger partial charge in [0.1, 0.15) is 0 Å². The van der Waals surface area contributed by atoms with E-state index in [9.17, 15) is 4.79 Å². The van der Waals surface area contributed by atoms with Gasteiger partial charge in [0.2, 0.25) is 5.91 Å². The first-order chi connectivity index (χ1) is 13.7. The van der Waals surface area contributed by atoms with Crippen LogP contribution < -0.4 is 4.90 Å². The number of carbonyl (C=O) groups is 1. The lowest BCUT2D eigenvalue weighted by molar-refractivity contribution is -0.138. The van der Waals surface area contributed by atoms with E-state index in [-0.39, 0.29) is 5.41 Å². The summed E-state index contributed by atoms with van der Waals surface area (Å²) in [5.74, 6) is 2.08. The Labute approximate surface area is 166 Å². The summed E-state index contributed by atoms with van der Waals surface area (Å²) in [6.07, 6.45) is 6.69. The van der Waals surface area contributed by atoms with Gasteiger partial charge in [0, 0.05) is 43.6 Å². The lowest BCUT2D eigenvalue weighted by Gasteiger charge is -2.48. The molecule has 1 aliphatic carbocycles. The van der Waals surface area contributed by atoms with Crippen LogP contribution in [0.1, 0.15) is 38.5 Å². The molecule has 3 heterocycles. The van der Waals surface area contributed by atoms with E-state index in [2.05, 4.69) is 44.3 Å². The summed E-state index contributed by atoms with van der Waals surface area (Å²) >= 11 is 0. The van der Waals surface area contributed by atoms with Crippen LogP contribution >= 0.6 is 0 Å². The molecule has 1 atom stereocenters. The molecule has 3 fully saturated rings. The molecular weight excluding hydrogens is 348 g/mol. The van der Waals surface area contributed by atoms with Crippen molar-refractivity contribution in [2.24, 2.45) is 11.3 Å². The van der Waals surface area contributed by atoms with Crippen molar-refractivity contribution in [2.75, 3.05) is 31.1 Å². The smallest absolute Gasteiger partial charge is 0.222 e. The van der Waals surface area contributed by atoms with Crippen LogP contribution in [-0.4, -0.2) is 47.2 Å². The van der Waals surface area contributed by atoms with Gasteiger partial charge in [-0.1, -0.05) is 30.3 Å². The highest BCUT2D eigenvalue weighted by Crippen LogP contribution is 2.41. The van der Waals surface area contributed by atoms with Crippen LogP contribution in [0.25, 0.3) is 11.3 Å². The summed E-state index contributed by atoms with van der Waals surface area (Å²) in [4.78, 5) is 16.9. The van der Waals surface area contributed by atoms with Crippen LogP contribution in [0.15, 0.2) is 42.5 Å². The average molecular weight is 377 g/mol. The molecule has 2 saturated heterocycles. The number of benzene rings is 1. The molecule has 2 aliphatic heterocycles. The molecule has 1 aromatic carbocycles. The Bertz CT molecular complexity index is 833. The topological polar surface area (TPSA) is 49.3 Å². The molecule has 0 N–H and O–H groups in total. The molecule has 5 heteroatoms. The van der Waals surface area contributed by atoms with Crippen LogP contribution in [0.2, 0.25) is 0 Å². The molecule has 28 heavy (non-hydrogen) atoms. The molecule has 1 saturated carbocycles. The van der Waals surface area contributed by atoms with E-state index < -0.39 is 0 Å². The predicted molar refractivity (Wildman–Crippen MR) is 110 cm³/mol. The van der Waals surface area contributed by atoms with Gasteiger partial charge >= 0.3 is 0 Å². The van der Waals surface area contributed by atoms with Crippen molar-refractivity contribution in [3.63, 3.8) is 0 Å². The molecule has 1 spiro atoms. The first kappa shape index (κ1) is 17.7. The Morgan fingerprint density at radius 3 is 2.61 bits per heavy atom. The Hall–Kier alpha value is -2.43. The van der Waals surface area contributed by atoms with Crippen molar-refractivity contribution in [3.05, 3.63) is 42.5 Å². The largest absolute Gasteiger partial charge is 0.355 e. The Kier molecular flexibility index (Phi) is 4.53. The van der Waals surface area contributed by atoms with E-state index >= 15 is 0 Å². The second-order valence-corrected chi connectivity index (χ2v) is 8.89. The zero-order chi connectivity index (χ0) is 19.0. The van der Waals surface area contributed by atoms with Crippen molar-refractivity contribution in [1.82, 2.24) is 15.1 Å². The minimum Gasteiger partial charge on any atom is -0.355 e. The number of rotatable bonds is 4. The first-order valence-electron chi connectivity index (χ1n) is 10.6. The maximum absolute atomic E-state index is 12.4. The Morgan fingerprint density at radius 2 is 1.86 bits per heavy atom. The van der Waals surface area contributed by atoms with Crippen molar-refractivity contribution in [3.8, 4) is 11.3 Å². The third kappa shape index (κ3) is 3.62. The maximum Gasteiger partial charge on any atom is 0.222 e.